The third kappa shape index (κ3) is 2.70. The Morgan fingerprint density at radius 1 is 1.10 bits per heavy atom. The number of carbonyl (C=O) groups is 1. The van der Waals surface area contributed by atoms with Crippen molar-refractivity contribution in [3.63, 3.8) is 0 Å². The number of sulfonamides is 1. The molecular formula is C15H20N2O3S. The van der Waals surface area contributed by atoms with Gasteiger partial charge in [-0.2, -0.15) is 4.31 Å². The van der Waals surface area contributed by atoms with Crippen LogP contribution >= 0.6 is 0 Å². The van der Waals surface area contributed by atoms with E-state index in [1.54, 1.807) is 12.1 Å². The zero-order chi connectivity index (χ0) is 15.2. The maximum Gasteiger partial charge on any atom is 0.243 e. The van der Waals surface area contributed by atoms with E-state index in [1.807, 2.05) is 24.8 Å². The molecule has 21 heavy (non-hydrogen) atoms. The van der Waals surface area contributed by atoms with Crippen molar-refractivity contribution in [3.8, 4) is 0 Å². The summed E-state index contributed by atoms with van der Waals surface area (Å²) >= 11 is 0. The predicted octanol–water partition coefficient (Wildman–Crippen LogP) is 1.30. The quantitative estimate of drug-likeness (QED) is 0.845. The predicted molar refractivity (Wildman–Crippen MR) is 79.4 cm³/mol. The van der Waals surface area contributed by atoms with Crippen LogP contribution in [0.15, 0.2) is 23.1 Å². The van der Waals surface area contributed by atoms with Crippen LogP contribution in [0.4, 0.5) is 0 Å². The Hall–Kier alpha value is -1.40. The topological polar surface area (TPSA) is 57.7 Å². The van der Waals surface area contributed by atoms with Gasteiger partial charge in [0, 0.05) is 19.1 Å². The highest BCUT2D eigenvalue weighted by molar-refractivity contribution is 7.89. The van der Waals surface area contributed by atoms with Crippen LogP contribution in [0.3, 0.4) is 0 Å². The normalized spacial score (nSPS) is 20.9. The summed E-state index contributed by atoms with van der Waals surface area (Å²) in [5.74, 6) is -0.0730. The highest BCUT2D eigenvalue weighted by Crippen LogP contribution is 2.29. The van der Waals surface area contributed by atoms with E-state index >= 15 is 0 Å². The van der Waals surface area contributed by atoms with Gasteiger partial charge in [0.25, 0.3) is 0 Å². The maximum atomic E-state index is 12.6. The molecule has 5 nitrogen and oxygen atoms in total. The summed E-state index contributed by atoms with van der Waals surface area (Å²) in [6, 6.07) is 5.46. The van der Waals surface area contributed by atoms with Gasteiger partial charge in [-0.25, -0.2) is 8.42 Å². The van der Waals surface area contributed by atoms with Crippen molar-refractivity contribution in [2.45, 2.75) is 37.6 Å². The minimum atomic E-state index is -3.58. The minimum absolute atomic E-state index is 0.0360. The molecule has 1 saturated heterocycles. The third-order valence-corrected chi connectivity index (χ3v) is 6.17. The second-order valence-corrected chi connectivity index (χ2v) is 7.84. The molecule has 114 valence electrons. The standard InChI is InChI=1S/C15H20N2O3S/c1-11-3-6-14(9-12(11)2)21(19,20)16-7-8-17(13-4-5-13)15(18)10-16/h3,6,9,13H,4-5,7-8,10H2,1-2H3. The summed E-state index contributed by atoms with van der Waals surface area (Å²) in [6.45, 7) is 4.70. The van der Waals surface area contributed by atoms with Crippen LogP contribution in [0.2, 0.25) is 0 Å². The molecule has 1 amide bonds. The van der Waals surface area contributed by atoms with Gasteiger partial charge in [-0.1, -0.05) is 6.07 Å². The Labute approximate surface area is 125 Å². The van der Waals surface area contributed by atoms with Crippen molar-refractivity contribution >= 4 is 15.9 Å². The smallest absolute Gasteiger partial charge is 0.243 e. The van der Waals surface area contributed by atoms with E-state index in [4.69, 9.17) is 0 Å². The number of nitrogens with zero attached hydrogens (tertiary/aromatic N) is 2. The SMILES string of the molecule is Cc1ccc(S(=O)(=O)N2CCN(C3CC3)C(=O)C2)cc1C. The molecule has 0 spiro atoms. The third-order valence-electron chi connectivity index (χ3n) is 4.33. The highest BCUT2D eigenvalue weighted by atomic mass is 32.2. The second kappa shape index (κ2) is 5.10. The van der Waals surface area contributed by atoms with Crippen LogP contribution in [0.25, 0.3) is 0 Å². The lowest BCUT2D eigenvalue weighted by atomic mass is 10.1. The van der Waals surface area contributed by atoms with Crippen molar-refractivity contribution < 1.29 is 13.2 Å². The van der Waals surface area contributed by atoms with Gasteiger partial charge in [0.15, 0.2) is 0 Å². The summed E-state index contributed by atoms with van der Waals surface area (Å²) in [4.78, 5) is 14.2. The Kier molecular flexibility index (Phi) is 3.53. The lowest BCUT2D eigenvalue weighted by Gasteiger charge is -2.33. The molecule has 1 aromatic carbocycles. The van der Waals surface area contributed by atoms with E-state index in [0.717, 1.165) is 24.0 Å². The van der Waals surface area contributed by atoms with Crippen molar-refractivity contribution in [3.05, 3.63) is 29.3 Å². The van der Waals surface area contributed by atoms with Crippen molar-refractivity contribution in [1.82, 2.24) is 9.21 Å². The average Bonchev–Trinajstić information content (AvgIpc) is 3.26. The molecule has 1 aliphatic heterocycles. The van der Waals surface area contributed by atoms with E-state index < -0.39 is 10.0 Å². The van der Waals surface area contributed by atoms with Crippen LogP contribution < -0.4 is 0 Å². The minimum Gasteiger partial charge on any atom is -0.337 e. The molecule has 2 fully saturated rings. The number of aryl methyl sites for hydroxylation is 2. The van der Waals surface area contributed by atoms with E-state index in [2.05, 4.69) is 0 Å². The molecular weight excluding hydrogens is 288 g/mol. The number of hydrogen-bond acceptors (Lipinski definition) is 3. The van der Waals surface area contributed by atoms with Crippen molar-refractivity contribution in [1.29, 1.82) is 0 Å². The molecule has 3 rings (SSSR count). The van der Waals surface area contributed by atoms with Gasteiger partial charge in [0.1, 0.15) is 0 Å². The average molecular weight is 308 g/mol. The van der Waals surface area contributed by atoms with E-state index in [9.17, 15) is 13.2 Å². The van der Waals surface area contributed by atoms with Gasteiger partial charge < -0.3 is 4.90 Å². The fourth-order valence-electron chi connectivity index (χ4n) is 2.67. The van der Waals surface area contributed by atoms with Gasteiger partial charge >= 0.3 is 0 Å². The fraction of sp³-hybridized carbons (Fsp3) is 0.533. The van der Waals surface area contributed by atoms with Gasteiger partial charge in [-0.05, 0) is 49.9 Å². The Bertz CT molecular complexity index is 680. The maximum absolute atomic E-state index is 12.6. The largest absolute Gasteiger partial charge is 0.337 e. The molecule has 2 aliphatic rings. The lowest BCUT2D eigenvalue weighted by Crippen LogP contribution is -2.52. The van der Waals surface area contributed by atoms with Gasteiger partial charge in [-0.3, -0.25) is 4.79 Å². The Morgan fingerprint density at radius 3 is 2.38 bits per heavy atom. The van der Waals surface area contributed by atoms with Crippen LogP contribution in [-0.2, 0) is 14.8 Å². The first-order valence-electron chi connectivity index (χ1n) is 7.26. The fourth-order valence-corrected chi connectivity index (χ4v) is 4.13. The van der Waals surface area contributed by atoms with Crippen LogP contribution in [-0.4, -0.2) is 49.2 Å². The molecule has 0 N–H and O–H groups in total. The van der Waals surface area contributed by atoms with Crippen LogP contribution in [0, 0.1) is 13.8 Å². The van der Waals surface area contributed by atoms with Crippen LogP contribution in [0.5, 0.6) is 0 Å². The second-order valence-electron chi connectivity index (χ2n) is 5.90. The summed E-state index contributed by atoms with van der Waals surface area (Å²) in [7, 11) is -3.58. The van der Waals surface area contributed by atoms with E-state index in [-0.39, 0.29) is 17.3 Å². The summed E-state index contributed by atoms with van der Waals surface area (Å²) in [5.41, 5.74) is 2.00. The molecule has 0 radical (unpaired) electrons. The van der Waals surface area contributed by atoms with Gasteiger partial charge in [0.2, 0.25) is 15.9 Å². The Balaban J connectivity index is 1.82. The zero-order valence-electron chi connectivity index (χ0n) is 12.4. The molecule has 1 heterocycles. The molecule has 0 bridgehead atoms. The van der Waals surface area contributed by atoms with Crippen molar-refractivity contribution in [2.75, 3.05) is 19.6 Å². The first kappa shape index (κ1) is 14.5. The summed E-state index contributed by atoms with van der Waals surface area (Å²) in [5, 5.41) is 0. The summed E-state index contributed by atoms with van der Waals surface area (Å²) in [6.07, 6.45) is 2.10. The summed E-state index contributed by atoms with van der Waals surface area (Å²) < 4.78 is 26.6. The highest BCUT2D eigenvalue weighted by Gasteiger charge is 2.39. The van der Waals surface area contributed by atoms with Gasteiger partial charge in [-0.15, -0.1) is 0 Å². The zero-order valence-corrected chi connectivity index (χ0v) is 13.2. The molecule has 1 aliphatic carbocycles. The van der Waals surface area contributed by atoms with Crippen molar-refractivity contribution in [2.24, 2.45) is 0 Å². The number of amides is 1. The lowest BCUT2D eigenvalue weighted by molar-refractivity contribution is -0.134. The van der Waals surface area contributed by atoms with E-state index in [0.29, 0.717) is 19.1 Å². The molecule has 0 atom stereocenters. The van der Waals surface area contributed by atoms with Crippen LogP contribution in [0.1, 0.15) is 24.0 Å². The first-order chi connectivity index (χ1) is 9.89. The molecule has 0 aromatic heterocycles. The molecule has 6 heteroatoms. The van der Waals surface area contributed by atoms with E-state index in [1.165, 1.54) is 4.31 Å². The number of benzene rings is 1. The van der Waals surface area contributed by atoms with Gasteiger partial charge in [0.05, 0.1) is 11.4 Å². The number of piperazine rings is 1. The molecule has 1 aromatic rings. The number of rotatable bonds is 3. The molecule has 0 unspecified atom stereocenters. The Morgan fingerprint density at radius 2 is 1.81 bits per heavy atom. The number of carbonyl (C=O) groups excluding carboxylic acids is 1. The first-order valence-corrected chi connectivity index (χ1v) is 8.70. The monoisotopic (exact) mass is 308 g/mol. The number of hydrogen-bond donors (Lipinski definition) is 0. The molecule has 1 saturated carbocycles.